The number of pyridine rings is 2. The molecule has 0 atom stereocenters. The van der Waals surface area contributed by atoms with Crippen molar-refractivity contribution in [2.75, 3.05) is 18.9 Å². The van der Waals surface area contributed by atoms with Crippen LogP contribution in [0.4, 0.5) is 11.4 Å². The Kier molecular flexibility index (Phi) is 14.4. The number of ether oxygens (including phenoxy) is 1. The Morgan fingerprint density at radius 2 is 0.987 bits per heavy atom. The Balaban J connectivity index is 0.000000172. The molecule has 400 valence electrons. The summed E-state index contributed by atoms with van der Waals surface area (Å²) < 4.78 is 74.2. The summed E-state index contributed by atoms with van der Waals surface area (Å²) in [5.41, 5.74) is 3.20. The zero-order chi connectivity index (χ0) is 55.2. The molecule has 0 spiro atoms. The molecule has 1 saturated heterocycles. The van der Waals surface area contributed by atoms with Gasteiger partial charge in [-0.15, -0.1) is 0 Å². The molecule has 1 aliphatic heterocycles. The van der Waals surface area contributed by atoms with E-state index in [0.717, 1.165) is 65.4 Å². The van der Waals surface area contributed by atoms with Gasteiger partial charge >= 0.3 is 31.6 Å². The molecule has 2 aliphatic carbocycles. The Hall–Kier alpha value is -8.68. The highest BCUT2D eigenvalue weighted by atomic mass is 32.2. The van der Waals surface area contributed by atoms with Crippen molar-refractivity contribution in [2.24, 2.45) is 14.1 Å². The minimum absolute atomic E-state index is 0.0205. The number of benzene rings is 4. The van der Waals surface area contributed by atoms with E-state index in [2.05, 4.69) is 0 Å². The predicted molar refractivity (Wildman–Crippen MR) is 284 cm³/mol. The standard InChI is InChI=1S/C24H20N4O8S.C24H22N4O6S.C4H8O/c1-14-6-10-18(11-7-14)37(34,35)36-19-13-20(29)25(2)22-21(19)23(30)27(15-8-9-15)24(31)26(22)16-4-3-5-17(12-16)28(32)33;1-14-6-10-18(11-7-14)35(32,33)34-19-13-20(29)26(2)22-21(19)23(30)28(16-8-9-16)24(31)27(22)17-5-3-4-15(25)12-17;1-2-4-5-3-1/h3-7,10-13,15H,8-9H2,1-2H3;3-7,10-13,16H,8-9,25H2,1-2H3;1-4H2. The van der Waals surface area contributed by atoms with Crippen LogP contribution in [0.5, 0.6) is 11.5 Å². The lowest BCUT2D eigenvalue weighted by atomic mass is 10.2. The lowest BCUT2D eigenvalue weighted by molar-refractivity contribution is -0.384. The SMILES string of the molecule is C1CCOC1.Cc1ccc(S(=O)(=O)Oc2cc(=O)n(C)c3c2c(=O)n(C2CC2)c(=O)n3-c2cccc(N)c2)cc1.Cc1ccc(S(=O)(=O)Oc2cc(=O)n(C)c3c2c(=O)n(C2CC2)c(=O)n3-c2cccc([N+](=O)[O-])c2)cc1. The fraction of sp³-hybridized carbons (Fsp3) is 0.269. The number of hydrogen-bond acceptors (Lipinski definition) is 16. The van der Waals surface area contributed by atoms with E-state index in [0.29, 0.717) is 37.1 Å². The average molecular weight is 1090 g/mol. The number of nitro groups is 1. The molecule has 77 heavy (non-hydrogen) atoms. The first-order chi connectivity index (χ1) is 36.6. The van der Waals surface area contributed by atoms with Crippen molar-refractivity contribution >= 4 is 53.7 Å². The molecule has 2 N–H and O–H groups in total. The molecule has 3 aliphatic rings. The van der Waals surface area contributed by atoms with Crippen molar-refractivity contribution in [3.8, 4) is 22.9 Å². The van der Waals surface area contributed by atoms with Crippen molar-refractivity contribution in [1.29, 1.82) is 0 Å². The maximum atomic E-state index is 13.6. The van der Waals surface area contributed by atoms with Gasteiger partial charge in [0.1, 0.15) is 31.9 Å². The summed E-state index contributed by atoms with van der Waals surface area (Å²) in [6.45, 7) is 5.58. The molecule has 0 amide bonds. The molecule has 23 nitrogen and oxygen atoms in total. The van der Waals surface area contributed by atoms with Gasteiger partial charge in [0, 0.05) is 69.3 Å². The second-order valence-electron chi connectivity index (χ2n) is 18.6. The molecular formula is C52H50N8O15S2. The Bertz CT molecular complexity index is 4290. The van der Waals surface area contributed by atoms with Crippen molar-refractivity contribution in [2.45, 2.75) is 74.2 Å². The number of nitrogens with two attached hydrogens (primary N) is 1. The van der Waals surface area contributed by atoms with Gasteiger partial charge in [0.05, 0.1) is 16.3 Å². The van der Waals surface area contributed by atoms with E-state index in [9.17, 15) is 55.7 Å². The first-order valence-corrected chi connectivity index (χ1v) is 26.9. The number of aryl methyl sites for hydroxylation is 4. The fourth-order valence-electron chi connectivity index (χ4n) is 8.63. The molecule has 0 radical (unpaired) electrons. The highest BCUT2D eigenvalue weighted by Gasteiger charge is 2.34. The molecule has 3 fully saturated rings. The smallest absolute Gasteiger partial charge is 0.339 e. The van der Waals surface area contributed by atoms with Crippen molar-refractivity contribution in [3.63, 3.8) is 0 Å². The Morgan fingerprint density at radius 3 is 1.35 bits per heavy atom. The number of rotatable bonds is 11. The predicted octanol–water partition coefficient (Wildman–Crippen LogP) is 4.81. The van der Waals surface area contributed by atoms with Gasteiger partial charge in [-0.2, -0.15) is 16.8 Å². The molecule has 0 unspecified atom stereocenters. The first-order valence-electron chi connectivity index (χ1n) is 24.1. The van der Waals surface area contributed by atoms with E-state index in [-0.39, 0.29) is 49.3 Å². The monoisotopic (exact) mass is 1090 g/mol. The second kappa shape index (κ2) is 20.8. The molecule has 5 heterocycles. The van der Waals surface area contributed by atoms with E-state index in [1.165, 1.54) is 80.0 Å². The van der Waals surface area contributed by atoms with Crippen LogP contribution in [0.15, 0.2) is 148 Å². The number of fused-ring (bicyclic) bond motifs is 2. The molecule has 0 bridgehead atoms. The van der Waals surface area contributed by atoms with Crippen LogP contribution >= 0.6 is 0 Å². The minimum Gasteiger partial charge on any atom is -0.399 e. The van der Waals surface area contributed by atoms with Crippen LogP contribution in [0.2, 0.25) is 0 Å². The summed E-state index contributed by atoms with van der Waals surface area (Å²) in [7, 11) is -6.15. The third-order valence-corrected chi connectivity index (χ3v) is 15.4. The highest BCUT2D eigenvalue weighted by molar-refractivity contribution is 7.87. The molecule has 4 aromatic heterocycles. The molecule has 4 aromatic carbocycles. The maximum absolute atomic E-state index is 13.6. The number of anilines is 1. The lowest BCUT2D eigenvalue weighted by Crippen LogP contribution is -2.41. The zero-order valence-corrected chi connectivity index (χ0v) is 43.5. The van der Waals surface area contributed by atoms with Crippen LogP contribution in [0, 0.1) is 24.0 Å². The third-order valence-electron chi connectivity index (χ3n) is 12.9. The normalized spacial score (nSPS) is 14.3. The average Bonchev–Trinajstić information content (AvgIpc) is 4.42. The molecular weight excluding hydrogens is 1040 g/mol. The van der Waals surface area contributed by atoms with Gasteiger partial charge in [0.2, 0.25) is 0 Å². The van der Waals surface area contributed by atoms with E-state index in [1.54, 1.807) is 49.4 Å². The van der Waals surface area contributed by atoms with Crippen LogP contribution in [0.3, 0.4) is 0 Å². The van der Waals surface area contributed by atoms with E-state index >= 15 is 0 Å². The van der Waals surface area contributed by atoms with Gasteiger partial charge in [-0.3, -0.25) is 47.6 Å². The molecule has 2 saturated carbocycles. The van der Waals surface area contributed by atoms with Gasteiger partial charge in [-0.05, 0) is 101 Å². The number of hydrogen-bond donors (Lipinski definition) is 1. The molecule has 8 aromatic rings. The number of nitrogens with zero attached hydrogens (tertiary/aromatic N) is 7. The zero-order valence-electron chi connectivity index (χ0n) is 41.9. The Morgan fingerprint density at radius 1 is 0.584 bits per heavy atom. The summed E-state index contributed by atoms with van der Waals surface area (Å²) in [5, 5.41) is 10.9. The summed E-state index contributed by atoms with van der Waals surface area (Å²) in [6, 6.07) is 24.4. The maximum Gasteiger partial charge on any atom is 0.339 e. The summed E-state index contributed by atoms with van der Waals surface area (Å²) in [6.07, 6.45) is 4.89. The van der Waals surface area contributed by atoms with Gasteiger partial charge in [0.15, 0.2) is 11.5 Å². The van der Waals surface area contributed by atoms with Crippen LogP contribution in [-0.2, 0) is 39.1 Å². The van der Waals surface area contributed by atoms with Gasteiger partial charge in [-0.1, -0.05) is 47.5 Å². The number of aromatic nitrogens is 6. The summed E-state index contributed by atoms with van der Waals surface area (Å²) in [5.74, 6) is -0.988. The first kappa shape index (κ1) is 53.2. The van der Waals surface area contributed by atoms with Crippen LogP contribution in [0.1, 0.15) is 61.7 Å². The number of non-ortho nitro benzene ring substituents is 1. The van der Waals surface area contributed by atoms with Crippen molar-refractivity contribution < 1.29 is 34.9 Å². The molecule has 25 heteroatoms. The van der Waals surface area contributed by atoms with Crippen molar-refractivity contribution in [3.05, 3.63) is 193 Å². The van der Waals surface area contributed by atoms with Gasteiger partial charge < -0.3 is 18.8 Å². The largest absolute Gasteiger partial charge is 0.399 e. The van der Waals surface area contributed by atoms with E-state index in [4.69, 9.17) is 18.8 Å². The van der Waals surface area contributed by atoms with Crippen molar-refractivity contribution in [1.82, 2.24) is 27.4 Å². The van der Waals surface area contributed by atoms with Crippen LogP contribution < -0.4 is 47.7 Å². The van der Waals surface area contributed by atoms with Crippen LogP contribution in [-0.4, -0.2) is 62.4 Å². The summed E-state index contributed by atoms with van der Waals surface area (Å²) >= 11 is 0. The third kappa shape index (κ3) is 10.6. The van der Waals surface area contributed by atoms with E-state index in [1.807, 2.05) is 6.92 Å². The number of nitro benzene ring substituents is 1. The topological polar surface area (TPSA) is 297 Å². The Labute approximate surface area is 437 Å². The number of nitrogen functional groups attached to an aromatic ring is 1. The highest BCUT2D eigenvalue weighted by Crippen LogP contribution is 2.35. The van der Waals surface area contributed by atoms with Gasteiger partial charge in [-0.25, -0.2) is 18.7 Å². The van der Waals surface area contributed by atoms with E-state index < -0.39 is 76.3 Å². The minimum atomic E-state index is -4.46. The van der Waals surface area contributed by atoms with Gasteiger partial charge in [0.25, 0.3) is 27.9 Å². The fourth-order valence-corrected chi connectivity index (χ4v) is 10.5. The molecule has 11 rings (SSSR count). The van der Waals surface area contributed by atoms with Crippen LogP contribution in [0.25, 0.3) is 33.4 Å². The summed E-state index contributed by atoms with van der Waals surface area (Å²) in [4.78, 5) is 90.4. The lowest BCUT2D eigenvalue weighted by Gasteiger charge is -2.18. The quantitative estimate of drug-likeness (QED) is 0.0786. The second-order valence-corrected chi connectivity index (χ2v) is 21.7.